The molecule has 4 N–H and O–H groups in total. The van der Waals surface area contributed by atoms with E-state index in [1.165, 1.54) is 0 Å². The van der Waals surface area contributed by atoms with Crippen molar-refractivity contribution in [3.05, 3.63) is 23.5 Å². The van der Waals surface area contributed by atoms with E-state index < -0.39 is 0 Å². The first-order chi connectivity index (χ1) is 6.37. The Hall–Kier alpha value is 0.830. The largest absolute Gasteiger partial charge is 0.397 e. The maximum Gasteiger partial charge on any atom is 0.107 e. The number of rotatable bonds is 1. The molecule has 0 spiro atoms. The average Bonchev–Trinajstić information content (AvgIpc) is 2.11. The van der Waals surface area contributed by atoms with E-state index in [1.54, 1.807) is 0 Å². The van der Waals surface area contributed by atoms with Gasteiger partial charge in [-0.2, -0.15) is 0 Å². The Morgan fingerprint density at radius 2 is 1.36 bits per heavy atom. The van der Waals surface area contributed by atoms with Crippen LogP contribution in [0.25, 0.3) is 0 Å². The van der Waals surface area contributed by atoms with Gasteiger partial charge < -0.3 is 11.5 Å². The second kappa shape index (κ2) is 4.78. The fourth-order valence-electron chi connectivity index (χ4n) is 0.890. The van der Waals surface area contributed by atoms with Gasteiger partial charge in [0.05, 0.1) is 10.2 Å². The lowest BCUT2D eigenvalue weighted by molar-refractivity contribution is 1.46. The second-order valence-electron chi connectivity index (χ2n) is 2.41. The molecule has 0 fully saturated rings. The lowest BCUT2D eigenvalue weighted by atomic mass is 10.2. The van der Waals surface area contributed by atoms with E-state index in [4.69, 9.17) is 23.7 Å². The number of halogens is 4. The van der Waals surface area contributed by atoms with Crippen molar-refractivity contribution in [3.63, 3.8) is 0 Å². The van der Waals surface area contributed by atoms with Gasteiger partial charge in [-0.15, -0.1) is 0 Å². The fraction of sp³-hybridized carbons (Fsp3) is 0. The van der Waals surface area contributed by atoms with Crippen LogP contribution in [0.1, 0.15) is 5.56 Å². The van der Waals surface area contributed by atoms with Crippen molar-refractivity contribution in [2.45, 2.75) is 0 Å². The molecule has 0 aliphatic heterocycles. The van der Waals surface area contributed by atoms with Gasteiger partial charge in [0.2, 0.25) is 0 Å². The monoisotopic (exact) mass is 464 g/mol. The standard InChI is InChI=1S/C7H4Br4N2S/c8-2-1(7(13)14)6(12)5(11)4(10)3(2)9/h12H2,(H2,13,14). The maximum absolute atomic E-state index is 5.86. The van der Waals surface area contributed by atoms with Crippen molar-refractivity contribution >= 4 is 86.6 Å². The molecule has 1 aromatic carbocycles. The SMILES string of the molecule is NC(=S)c1c(N)c(Br)c(Br)c(Br)c1Br. The molecule has 14 heavy (non-hydrogen) atoms. The number of nitrogen functional groups attached to an aromatic ring is 1. The number of hydrogen-bond acceptors (Lipinski definition) is 2. The van der Waals surface area contributed by atoms with Crippen LogP contribution in [0.2, 0.25) is 0 Å². The molecule has 76 valence electrons. The molecule has 1 aromatic rings. The third-order valence-electron chi connectivity index (χ3n) is 1.55. The van der Waals surface area contributed by atoms with Gasteiger partial charge in [-0.1, -0.05) is 12.2 Å². The van der Waals surface area contributed by atoms with Crippen LogP contribution in [0.3, 0.4) is 0 Å². The average molecular weight is 468 g/mol. The van der Waals surface area contributed by atoms with Crippen molar-refractivity contribution in [2.24, 2.45) is 5.73 Å². The summed E-state index contributed by atoms with van der Waals surface area (Å²) in [5, 5.41) is 0. The third-order valence-corrected chi connectivity index (χ3v) is 6.55. The molecule has 0 atom stereocenters. The zero-order chi connectivity index (χ0) is 11.0. The molecule has 1 rings (SSSR count). The second-order valence-corrected chi connectivity index (χ2v) is 6.02. The maximum atomic E-state index is 5.86. The smallest absolute Gasteiger partial charge is 0.107 e. The number of hydrogen-bond donors (Lipinski definition) is 2. The van der Waals surface area contributed by atoms with Gasteiger partial charge in [-0.05, 0) is 63.7 Å². The molecule has 0 aromatic heterocycles. The predicted molar refractivity (Wildman–Crippen MR) is 77.5 cm³/mol. The Labute approximate surface area is 120 Å². The normalized spacial score (nSPS) is 10.3. The summed E-state index contributed by atoms with van der Waals surface area (Å²) in [7, 11) is 0. The molecule has 0 aliphatic rings. The minimum atomic E-state index is 0.253. The zero-order valence-corrected chi connectivity index (χ0v) is 13.7. The zero-order valence-electron chi connectivity index (χ0n) is 6.57. The Kier molecular flexibility index (Phi) is 4.40. The molecular formula is C7H4Br4N2S. The summed E-state index contributed by atoms with van der Waals surface area (Å²) >= 11 is 18.4. The van der Waals surface area contributed by atoms with E-state index in [9.17, 15) is 0 Å². The van der Waals surface area contributed by atoms with Gasteiger partial charge in [-0.3, -0.25) is 0 Å². The highest BCUT2D eigenvalue weighted by atomic mass is 79.9. The van der Waals surface area contributed by atoms with E-state index in [-0.39, 0.29) is 4.99 Å². The van der Waals surface area contributed by atoms with E-state index in [1.807, 2.05) is 0 Å². The molecule has 0 bridgehead atoms. The summed E-state index contributed by atoms with van der Waals surface area (Å²) in [6.45, 7) is 0. The van der Waals surface area contributed by atoms with Gasteiger partial charge in [0.15, 0.2) is 0 Å². The molecular weight excluding hydrogens is 464 g/mol. The molecule has 0 saturated heterocycles. The van der Waals surface area contributed by atoms with Gasteiger partial charge in [0, 0.05) is 19.0 Å². The van der Waals surface area contributed by atoms with E-state index >= 15 is 0 Å². The van der Waals surface area contributed by atoms with Crippen LogP contribution >= 0.6 is 75.9 Å². The third kappa shape index (κ3) is 2.16. The van der Waals surface area contributed by atoms with E-state index in [0.29, 0.717) is 11.3 Å². The molecule has 0 radical (unpaired) electrons. The summed E-state index contributed by atoms with van der Waals surface area (Å²) in [6.07, 6.45) is 0. The van der Waals surface area contributed by atoms with Crippen molar-refractivity contribution in [1.82, 2.24) is 0 Å². The number of nitrogens with two attached hydrogens (primary N) is 2. The molecule has 2 nitrogen and oxygen atoms in total. The number of benzene rings is 1. The van der Waals surface area contributed by atoms with Crippen molar-refractivity contribution in [2.75, 3.05) is 5.73 Å². The first-order valence-electron chi connectivity index (χ1n) is 3.29. The summed E-state index contributed by atoms with van der Waals surface area (Å²) < 4.78 is 3.12. The van der Waals surface area contributed by atoms with Crippen LogP contribution < -0.4 is 11.5 Å². The molecule has 7 heteroatoms. The van der Waals surface area contributed by atoms with Crippen LogP contribution in [-0.4, -0.2) is 4.99 Å². The van der Waals surface area contributed by atoms with Crippen LogP contribution in [0.15, 0.2) is 17.9 Å². The molecule has 0 unspecified atom stereocenters. The molecule has 0 amide bonds. The van der Waals surface area contributed by atoms with Gasteiger partial charge in [-0.25, -0.2) is 0 Å². The Bertz CT molecular complexity index is 390. The number of thiocarbonyl (C=S) groups is 1. The Morgan fingerprint density at radius 1 is 0.929 bits per heavy atom. The first-order valence-corrected chi connectivity index (χ1v) is 6.87. The fourth-order valence-corrected chi connectivity index (χ4v) is 3.60. The molecule has 0 aliphatic carbocycles. The van der Waals surface area contributed by atoms with Crippen LogP contribution in [0, 0.1) is 0 Å². The van der Waals surface area contributed by atoms with Crippen molar-refractivity contribution < 1.29 is 0 Å². The quantitative estimate of drug-likeness (QED) is 0.285. The highest BCUT2D eigenvalue weighted by molar-refractivity contribution is 9.15. The Balaban J connectivity index is 3.68. The highest BCUT2D eigenvalue weighted by Crippen LogP contribution is 2.43. The lowest BCUT2D eigenvalue weighted by Gasteiger charge is -2.12. The van der Waals surface area contributed by atoms with Gasteiger partial charge in [0.1, 0.15) is 4.99 Å². The topological polar surface area (TPSA) is 52.0 Å². The van der Waals surface area contributed by atoms with Gasteiger partial charge in [0.25, 0.3) is 0 Å². The van der Waals surface area contributed by atoms with E-state index in [2.05, 4.69) is 63.7 Å². The first kappa shape index (κ1) is 12.9. The van der Waals surface area contributed by atoms with Crippen LogP contribution in [0.5, 0.6) is 0 Å². The minimum Gasteiger partial charge on any atom is -0.397 e. The molecule has 0 heterocycles. The van der Waals surface area contributed by atoms with E-state index in [0.717, 1.165) is 17.9 Å². The van der Waals surface area contributed by atoms with Crippen molar-refractivity contribution in [1.29, 1.82) is 0 Å². The lowest BCUT2D eigenvalue weighted by Crippen LogP contribution is -2.14. The number of anilines is 1. The molecule has 0 saturated carbocycles. The predicted octanol–water partition coefficient (Wildman–Crippen LogP) is 3.95. The van der Waals surface area contributed by atoms with Crippen LogP contribution in [-0.2, 0) is 0 Å². The van der Waals surface area contributed by atoms with Crippen LogP contribution in [0.4, 0.5) is 5.69 Å². The summed E-state index contributed by atoms with van der Waals surface area (Å²) in [5.74, 6) is 0. The summed E-state index contributed by atoms with van der Waals surface area (Å²) in [4.78, 5) is 0.253. The summed E-state index contributed by atoms with van der Waals surface area (Å²) in [5.41, 5.74) is 12.6. The minimum absolute atomic E-state index is 0.253. The van der Waals surface area contributed by atoms with Gasteiger partial charge >= 0.3 is 0 Å². The Morgan fingerprint density at radius 3 is 1.79 bits per heavy atom. The van der Waals surface area contributed by atoms with Crippen molar-refractivity contribution in [3.8, 4) is 0 Å². The summed E-state index contributed by atoms with van der Waals surface area (Å²) in [6, 6.07) is 0. The highest BCUT2D eigenvalue weighted by Gasteiger charge is 2.18.